The van der Waals surface area contributed by atoms with Gasteiger partial charge in [-0.2, -0.15) is 0 Å². The van der Waals surface area contributed by atoms with Gasteiger partial charge in [-0.05, 0) is 56.2 Å². The summed E-state index contributed by atoms with van der Waals surface area (Å²) in [4.78, 5) is 41.7. The second kappa shape index (κ2) is 9.71. The first-order valence-electron chi connectivity index (χ1n) is 9.72. The lowest BCUT2D eigenvalue weighted by Crippen LogP contribution is -2.41. The third-order valence-electron chi connectivity index (χ3n) is 5.30. The molecule has 1 saturated heterocycles. The zero-order valence-electron chi connectivity index (χ0n) is 17.0. The normalized spacial score (nSPS) is 14.4. The first-order chi connectivity index (χ1) is 14.4. The first-order valence-corrected chi connectivity index (χ1v) is 10.9. The molecule has 0 unspecified atom stereocenters. The van der Waals surface area contributed by atoms with E-state index < -0.39 is 4.92 Å². The minimum Gasteiger partial charge on any atom is -0.352 e. The maximum absolute atomic E-state index is 12.8. The number of piperidine rings is 1. The van der Waals surface area contributed by atoms with Gasteiger partial charge in [0.05, 0.1) is 10.5 Å². The first kappa shape index (κ1) is 21.8. The number of aromatic nitrogens is 1. The Morgan fingerprint density at radius 3 is 2.67 bits per heavy atom. The number of hydrogen-bond donors (Lipinski definition) is 1. The Morgan fingerprint density at radius 1 is 1.30 bits per heavy atom. The van der Waals surface area contributed by atoms with Gasteiger partial charge in [-0.3, -0.25) is 19.7 Å². The standard InChI is InChI=1S/C21H24N4O4S/c1-14-12-16(5-6-18(14)25(28)29)19(26)23-13-15-7-10-24(11-8-15)21(27)17-4-3-9-22-20(17)30-2/h3-6,9,12,15H,7-8,10-11,13H2,1-2H3,(H,23,26). The van der Waals surface area contributed by atoms with Crippen LogP contribution >= 0.6 is 11.8 Å². The molecule has 2 amide bonds. The summed E-state index contributed by atoms with van der Waals surface area (Å²) in [5.41, 5.74) is 1.50. The number of pyridine rings is 1. The maximum Gasteiger partial charge on any atom is 0.272 e. The highest BCUT2D eigenvalue weighted by molar-refractivity contribution is 7.98. The molecule has 2 heterocycles. The fourth-order valence-electron chi connectivity index (χ4n) is 3.57. The summed E-state index contributed by atoms with van der Waals surface area (Å²) in [6.45, 7) is 3.41. The van der Waals surface area contributed by atoms with Crippen molar-refractivity contribution in [2.45, 2.75) is 24.8 Å². The average molecular weight is 429 g/mol. The Morgan fingerprint density at radius 2 is 2.03 bits per heavy atom. The monoisotopic (exact) mass is 428 g/mol. The molecule has 0 aliphatic carbocycles. The van der Waals surface area contributed by atoms with Gasteiger partial charge in [-0.1, -0.05) is 0 Å². The zero-order chi connectivity index (χ0) is 21.7. The molecule has 8 nitrogen and oxygen atoms in total. The van der Waals surface area contributed by atoms with Crippen molar-refractivity contribution in [1.82, 2.24) is 15.2 Å². The molecule has 3 rings (SSSR count). The number of nitro benzene ring substituents is 1. The lowest BCUT2D eigenvalue weighted by molar-refractivity contribution is -0.385. The largest absolute Gasteiger partial charge is 0.352 e. The smallest absolute Gasteiger partial charge is 0.272 e. The highest BCUT2D eigenvalue weighted by Crippen LogP contribution is 2.23. The second-order valence-corrected chi connectivity index (χ2v) is 8.06. The van der Waals surface area contributed by atoms with Crippen LogP contribution in [0.25, 0.3) is 0 Å². The predicted molar refractivity (Wildman–Crippen MR) is 115 cm³/mol. The van der Waals surface area contributed by atoms with E-state index in [1.807, 2.05) is 11.2 Å². The van der Waals surface area contributed by atoms with Crippen molar-refractivity contribution in [3.63, 3.8) is 0 Å². The minimum absolute atomic E-state index is 0.00170. The number of thioether (sulfide) groups is 1. The number of likely N-dealkylation sites (tertiary alicyclic amines) is 1. The Bertz CT molecular complexity index is 958. The van der Waals surface area contributed by atoms with Crippen molar-refractivity contribution >= 4 is 29.3 Å². The van der Waals surface area contributed by atoms with Gasteiger partial charge in [-0.15, -0.1) is 11.8 Å². The average Bonchev–Trinajstić information content (AvgIpc) is 2.77. The van der Waals surface area contributed by atoms with Crippen molar-refractivity contribution < 1.29 is 14.5 Å². The van der Waals surface area contributed by atoms with Gasteiger partial charge in [-0.25, -0.2) is 4.98 Å². The number of aryl methyl sites for hydroxylation is 1. The number of rotatable bonds is 6. The molecule has 0 atom stereocenters. The molecule has 1 aliphatic rings. The molecule has 0 saturated carbocycles. The van der Waals surface area contributed by atoms with Crippen molar-refractivity contribution in [2.75, 3.05) is 25.9 Å². The van der Waals surface area contributed by atoms with Gasteiger partial charge in [0.25, 0.3) is 17.5 Å². The number of amides is 2. The molecular formula is C21H24N4O4S. The number of hydrogen-bond acceptors (Lipinski definition) is 6. The molecular weight excluding hydrogens is 404 g/mol. The third-order valence-corrected chi connectivity index (χ3v) is 6.02. The van der Waals surface area contributed by atoms with Gasteiger partial charge in [0.15, 0.2) is 0 Å². The fraction of sp³-hybridized carbons (Fsp3) is 0.381. The number of carbonyl (C=O) groups is 2. The lowest BCUT2D eigenvalue weighted by Gasteiger charge is -2.32. The van der Waals surface area contributed by atoms with Gasteiger partial charge in [0.1, 0.15) is 5.03 Å². The molecule has 1 aliphatic heterocycles. The quantitative estimate of drug-likeness (QED) is 0.430. The van der Waals surface area contributed by atoms with E-state index in [0.717, 1.165) is 17.9 Å². The Kier molecular flexibility index (Phi) is 7.04. The number of nitrogens with zero attached hydrogens (tertiary/aromatic N) is 3. The van der Waals surface area contributed by atoms with Gasteiger partial charge in [0, 0.05) is 43.0 Å². The highest BCUT2D eigenvalue weighted by atomic mass is 32.2. The molecule has 30 heavy (non-hydrogen) atoms. The predicted octanol–water partition coefficient (Wildman–Crippen LogP) is 3.30. The highest BCUT2D eigenvalue weighted by Gasteiger charge is 2.25. The van der Waals surface area contributed by atoms with E-state index in [1.165, 1.54) is 30.0 Å². The van der Waals surface area contributed by atoms with E-state index >= 15 is 0 Å². The molecule has 1 N–H and O–H groups in total. The molecule has 1 aromatic carbocycles. The number of carbonyl (C=O) groups excluding carboxylic acids is 2. The van der Waals surface area contributed by atoms with Crippen molar-refractivity contribution in [1.29, 1.82) is 0 Å². The van der Waals surface area contributed by atoms with Gasteiger partial charge >= 0.3 is 0 Å². The number of nitro groups is 1. The van der Waals surface area contributed by atoms with Crippen LogP contribution in [0.15, 0.2) is 41.6 Å². The van der Waals surface area contributed by atoms with E-state index in [1.54, 1.807) is 25.3 Å². The van der Waals surface area contributed by atoms with Crippen LogP contribution in [0.2, 0.25) is 0 Å². The summed E-state index contributed by atoms with van der Waals surface area (Å²) < 4.78 is 0. The van der Waals surface area contributed by atoms with Crippen LogP contribution < -0.4 is 5.32 Å². The van der Waals surface area contributed by atoms with Crippen molar-refractivity contribution in [3.8, 4) is 0 Å². The Hall–Kier alpha value is -2.94. The Labute approximate surface area is 179 Å². The molecule has 0 radical (unpaired) electrons. The lowest BCUT2D eigenvalue weighted by atomic mass is 9.96. The summed E-state index contributed by atoms with van der Waals surface area (Å²) in [6, 6.07) is 7.94. The number of benzene rings is 1. The third kappa shape index (κ3) is 4.96. The molecule has 1 aromatic heterocycles. The summed E-state index contributed by atoms with van der Waals surface area (Å²) >= 11 is 1.46. The number of nitrogens with one attached hydrogen (secondary N) is 1. The minimum atomic E-state index is -0.459. The van der Waals surface area contributed by atoms with E-state index in [9.17, 15) is 19.7 Å². The van der Waals surface area contributed by atoms with Crippen LogP contribution in [0, 0.1) is 23.0 Å². The van der Waals surface area contributed by atoms with Crippen LogP contribution in [0.4, 0.5) is 5.69 Å². The van der Waals surface area contributed by atoms with Crippen LogP contribution in [0.1, 0.15) is 39.1 Å². The SMILES string of the molecule is CSc1ncccc1C(=O)N1CCC(CNC(=O)c2ccc([N+](=O)[O-])c(C)c2)CC1. The topological polar surface area (TPSA) is 105 Å². The Balaban J connectivity index is 1.51. The summed E-state index contributed by atoms with van der Waals surface area (Å²) in [7, 11) is 0. The molecule has 9 heteroatoms. The molecule has 0 spiro atoms. The van der Waals surface area contributed by atoms with Crippen LogP contribution in [0.5, 0.6) is 0 Å². The summed E-state index contributed by atoms with van der Waals surface area (Å²) in [6.07, 6.45) is 5.20. The summed E-state index contributed by atoms with van der Waals surface area (Å²) in [5.74, 6) is 0.0360. The molecule has 158 valence electrons. The van der Waals surface area contributed by atoms with Crippen molar-refractivity contribution in [2.24, 2.45) is 5.92 Å². The van der Waals surface area contributed by atoms with E-state index in [0.29, 0.717) is 36.3 Å². The molecule has 0 bridgehead atoms. The maximum atomic E-state index is 12.8. The van der Waals surface area contributed by atoms with E-state index in [4.69, 9.17) is 0 Å². The van der Waals surface area contributed by atoms with Crippen LogP contribution in [-0.4, -0.2) is 52.5 Å². The second-order valence-electron chi connectivity index (χ2n) is 7.26. The van der Waals surface area contributed by atoms with Crippen LogP contribution in [0.3, 0.4) is 0 Å². The zero-order valence-corrected chi connectivity index (χ0v) is 17.8. The fourth-order valence-corrected chi connectivity index (χ4v) is 4.11. The van der Waals surface area contributed by atoms with Gasteiger partial charge in [0.2, 0.25) is 0 Å². The van der Waals surface area contributed by atoms with Crippen LogP contribution in [-0.2, 0) is 0 Å². The summed E-state index contributed by atoms with van der Waals surface area (Å²) in [5, 5.41) is 14.6. The van der Waals surface area contributed by atoms with E-state index in [2.05, 4.69) is 10.3 Å². The van der Waals surface area contributed by atoms with Gasteiger partial charge < -0.3 is 10.2 Å². The molecule has 1 fully saturated rings. The molecule has 2 aromatic rings. The van der Waals surface area contributed by atoms with Crippen molar-refractivity contribution in [3.05, 3.63) is 63.3 Å². The van der Waals surface area contributed by atoms with E-state index in [-0.39, 0.29) is 23.4 Å².